The summed E-state index contributed by atoms with van der Waals surface area (Å²) in [6, 6.07) is 38.8. The second kappa shape index (κ2) is 57.1. The van der Waals surface area contributed by atoms with Crippen LogP contribution in [0.5, 0.6) is 46.0 Å². The van der Waals surface area contributed by atoms with E-state index in [1.54, 1.807) is 65.8 Å². The topological polar surface area (TPSA) is 331 Å². The van der Waals surface area contributed by atoms with Crippen LogP contribution >= 0.6 is 70.4 Å². The minimum Gasteiger partial charge on any atom is -0.504 e. The molecule has 8 rings (SSSR count). The molecule has 8 aromatic rings. The Hall–Kier alpha value is -9.02. The Bertz CT molecular complexity index is 3960. The summed E-state index contributed by atoms with van der Waals surface area (Å²) < 4.78 is 120. The van der Waals surface area contributed by atoms with E-state index in [1.807, 2.05) is 90.5 Å². The number of aromatic nitrogens is 1. The normalized spacial score (nSPS) is 11.5. The molecule has 0 aliphatic heterocycles. The number of benzene rings is 7. The van der Waals surface area contributed by atoms with Gasteiger partial charge in [0.25, 0.3) is 0 Å². The lowest BCUT2D eigenvalue weighted by molar-refractivity contribution is 0.262. The van der Waals surface area contributed by atoms with Crippen LogP contribution in [0.25, 0.3) is 10.9 Å². The van der Waals surface area contributed by atoms with Crippen molar-refractivity contribution in [1.82, 2.24) is 4.57 Å². The summed E-state index contributed by atoms with van der Waals surface area (Å²) in [5, 5.41) is 20.2. The summed E-state index contributed by atoms with van der Waals surface area (Å²) in [6.45, 7) is 14.5. The maximum atomic E-state index is 12.2. The number of phenolic OH excluding ortho intramolecular Hbond substituents is 2. The van der Waals surface area contributed by atoms with Crippen LogP contribution in [0.4, 0.5) is 30.7 Å². The zero-order chi connectivity index (χ0) is 82.6. The van der Waals surface area contributed by atoms with E-state index >= 15 is 0 Å². The summed E-state index contributed by atoms with van der Waals surface area (Å²) in [6.07, 6.45) is 2.99. The Balaban J connectivity index is 0.000000440. The van der Waals surface area contributed by atoms with Gasteiger partial charge in [0, 0.05) is 11.7 Å². The number of halogens is 11. The molecule has 32 heteroatoms. The van der Waals surface area contributed by atoms with Crippen molar-refractivity contribution in [2.45, 2.75) is 108 Å². The fourth-order valence-electron chi connectivity index (χ4n) is 8.82. The van der Waals surface area contributed by atoms with Crippen LogP contribution in [-0.4, -0.2) is 136 Å². The van der Waals surface area contributed by atoms with E-state index in [9.17, 15) is 40.9 Å². The van der Waals surface area contributed by atoms with Crippen molar-refractivity contribution in [3.63, 3.8) is 0 Å². The molecule has 0 amide bonds. The van der Waals surface area contributed by atoms with Gasteiger partial charge in [0.05, 0.1) is 97.8 Å². The van der Waals surface area contributed by atoms with Gasteiger partial charge in [-0.3, -0.25) is 30.0 Å². The smallest absolute Gasteiger partial charge is 0.161 e. The van der Waals surface area contributed by atoms with Crippen molar-refractivity contribution in [2.75, 3.05) is 86.4 Å². The van der Waals surface area contributed by atoms with E-state index in [-0.39, 0.29) is 69.3 Å². The van der Waals surface area contributed by atoms with E-state index in [4.69, 9.17) is 62.8 Å². The van der Waals surface area contributed by atoms with Crippen LogP contribution in [0.15, 0.2) is 177 Å². The second-order valence-electron chi connectivity index (χ2n) is 23.5. The lowest BCUT2D eigenvalue weighted by Gasteiger charge is -2.10. The zero-order valence-corrected chi connectivity index (χ0v) is 70.6. The number of ether oxygens (including phenoxy) is 6. The van der Waals surface area contributed by atoms with Gasteiger partial charge in [0.2, 0.25) is 0 Å². The molecule has 0 aliphatic carbocycles. The third kappa shape index (κ3) is 42.3. The Kier molecular flexibility index (Phi) is 50.4. The van der Waals surface area contributed by atoms with Crippen molar-refractivity contribution in [3.8, 4) is 46.0 Å². The first kappa shape index (κ1) is 98.1. The lowest BCUT2D eigenvalue weighted by atomic mass is 10.1. The van der Waals surface area contributed by atoms with Gasteiger partial charge in [-0.1, -0.05) is 49.4 Å². The maximum absolute atomic E-state index is 12.2. The first-order valence-corrected chi connectivity index (χ1v) is 38.1. The predicted molar refractivity (Wildman–Crippen MR) is 455 cm³/mol. The van der Waals surface area contributed by atoms with Gasteiger partial charge in [0.15, 0.2) is 23.0 Å². The summed E-state index contributed by atoms with van der Waals surface area (Å²) in [7, 11) is 0. The number of nitrogens with zero attached hydrogens (tertiary/aromatic N) is 7. The monoisotopic (exact) mass is 1860 g/mol. The highest BCUT2D eigenvalue weighted by Crippen LogP contribution is 2.36. The van der Waals surface area contributed by atoms with Crippen LogP contribution in [0.3, 0.4) is 0 Å². The number of nitrogens with two attached hydrogens (primary N) is 6. The summed E-state index contributed by atoms with van der Waals surface area (Å²) in [4.78, 5) is 24.5. The highest BCUT2D eigenvalue weighted by atomic mass is 127. The molecule has 1 heterocycles. The van der Waals surface area contributed by atoms with Gasteiger partial charge in [-0.05, 0) is 260 Å². The number of fused-ring (bicyclic) bond motifs is 1. The quantitative estimate of drug-likeness (QED) is 0.00821. The van der Waals surface area contributed by atoms with Gasteiger partial charge >= 0.3 is 0 Å². The summed E-state index contributed by atoms with van der Waals surface area (Å²) in [5.74, 6) is 6.32. The number of amidine groups is 6. The predicted octanol–water partition coefficient (Wildman–Crippen LogP) is 17.3. The molecule has 0 aliphatic rings. The maximum Gasteiger partial charge on any atom is 0.161 e. The molecule has 0 fully saturated rings. The highest BCUT2D eigenvalue weighted by Gasteiger charge is 2.11. The molecule has 0 atom stereocenters. The third-order valence-electron chi connectivity index (χ3n) is 14.0. The Morgan fingerprint density at radius 3 is 1.19 bits per heavy atom. The molecule has 0 bridgehead atoms. The number of aryl methyl sites for hydroxylation is 3. The number of rotatable bonds is 33. The number of aromatic hydroxyl groups is 2. The first-order valence-electron chi connectivity index (χ1n) is 34.7. The summed E-state index contributed by atoms with van der Waals surface area (Å²) in [5.41, 5.74) is 41.8. The van der Waals surface area contributed by atoms with Crippen molar-refractivity contribution in [1.29, 1.82) is 0 Å². The van der Waals surface area contributed by atoms with Crippen LogP contribution in [0.1, 0.15) is 93.0 Å². The van der Waals surface area contributed by atoms with E-state index < -0.39 is 40.0 Å². The highest BCUT2D eigenvalue weighted by molar-refractivity contribution is 14.1. The van der Waals surface area contributed by atoms with E-state index in [2.05, 4.69) is 125 Å². The van der Waals surface area contributed by atoms with E-state index in [0.717, 1.165) is 73.6 Å². The van der Waals surface area contributed by atoms with Crippen LogP contribution in [0, 0.1) is 10.5 Å². The molecule has 0 radical (unpaired) electrons. The molecule has 1 aromatic heterocycles. The third-order valence-corrected chi connectivity index (χ3v) is 16.6. The second-order valence-corrected chi connectivity index (χ2v) is 27.3. The molecule has 111 heavy (non-hydrogen) atoms. The molecule has 0 saturated heterocycles. The molecule has 608 valence electrons. The zero-order valence-electron chi connectivity index (χ0n) is 63.6. The molecule has 0 saturated carbocycles. The molecule has 0 spiro atoms. The first-order chi connectivity index (χ1) is 53.0. The Labute approximate surface area is 684 Å². The van der Waals surface area contributed by atoms with E-state index in [0.29, 0.717) is 98.1 Å². The van der Waals surface area contributed by atoms with Crippen molar-refractivity contribution in [3.05, 3.63) is 195 Å². The van der Waals surface area contributed by atoms with Crippen LogP contribution in [-0.2, 0) is 52.2 Å². The van der Waals surface area contributed by atoms with Crippen molar-refractivity contribution in [2.24, 2.45) is 64.4 Å². The van der Waals surface area contributed by atoms with E-state index in [1.165, 1.54) is 23.1 Å². The molecule has 7 aromatic carbocycles. The van der Waals surface area contributed by atoms with Gasteiger partial charge in [0.1, 0.15) is 109 Å². The average molecular weight is 1860 g/mol. The average Bonchev–Trinajstić information content (AvgIpc) is 1.70. The lowest BCUT2D eigenvalue weighted by Crippen LogP contribution is -2.05. The molecular formula is C79H102Br3F7IN13O8. The Morgan fingerprint density at radius 2 is 0.748 bits per heavy atom. The van der Waals surface area contributed by atoms with Crippen LogP contribution < -0.4 is 62.8 Å². The SMILES string of the molecule is CC(N)=NCc1cc(Br)c(OCCF)c(Br)c1.CC(N)=NCc1ccc(Br)c(OCCF)c1.CC(N)=NCc1ccc(O)c(OCCF)c1.CC(N)=NCc1ccc(OCCF)c(C)c1.CC(N)=NCc1ccc(OCCF)c(I)c1.CC(N)=NCc1ccc(OCCF)c(O)c1.CCc1ccc2c(ccn2CCF)c1. The number of hydrogen-bond donors (Lipinski definition) is 8. The summed E-state index contributed by atoms with van der Waals surface area (Å²) >= 11 is 12.2. The minimum absolute atomic E-state index is 0.00866. The molecule has 14 N–H and O–H groups in total. The standard InChI is InChI=1S/C12H17FN2O.C12H14FN.C11H13Br2FN2O.C11H14BrFN2O.C11H14FIN2O.2C11H15FN2O2/c1-9-7-11(8-15-10(2)14)3-4-12(9)16-6-5-13;1-2-10-3-4-12-11(9-10)5-7-14(12)8-6-13;1-7(15)16-6-8-4-9(12)11(10(13)5-8)17-3-2-14;1-8(14)15-7-9-2-3-10(12)11(6-9)16-5-4-13;1-8(14)15-7-9-2-3-11(10(13)6-9)16-5-4-12;1-8(13)14-7-9-2-3-11(10(15)6-9)16-5-4-12;1-8(13)14-7-9-2-3-10(15)11(6-9)16-5-4-12/h3-4,7H,5-6,8H2,1-2H3,(H2,14,15);3-5,7,9H,2,6,8H2,1H3;4-5H,2-3,6H2,1H3,(H2,15,16);2*2-3,6H,4-5,7H2,1H3,(H2,14,15);2*2-3,6,15H,4-5,7H2,1H3,(H2,13,14). The fourth-order valence-corrected chi connectivity index (χ4v) is 11.4. The Morgan fingerprint density at radius 1 is 0.378 bits per heavy atom. The van der Waals surface area contributed by atoms with Gasteiger partial charge in [-0.25, -0.2) is 30.7 Å². The number of phenols is 2. The number of alkyl halides is 7. The van der Waals surface area contributed by atoms with Gasteiger partial charge in [-0.2, -0.15) is 0 Å². The molecular weight excluding hydrogens is 1760 g/mol. The van der Waals surface area contributed by atoms with Crippen molar-refractivity contribution >= 4 is 116 Å². The van der Waals surface area contributed by atoms with Gasteiger partial charge in [-0.15, -0.1) is 0 Å². The van der Waals surface area contributed by atoms with Gasteiger partial charge < -0.3 is 77.6 Å². The fraction of sp³-hybridized carbons (Fsp3) is 0.367. The number of hydrogen-bond acceptors (Lipinski definition) is 14. The number of aliphatic imine (C=N–C) groups is 6. The molecule has 21 nitrogen and oxygen atoms in total. The minimum atomic E-state index is -0.594. The molecule has 0 unspecified atom stereocenters. The van der Waals surface area contributed by atoms with Crippen molar-refractivity contribution < 1.29 is 69.4 Å². The largest absolute Gasteiger partial charge is 0.504 e. The van der Waals surface area contributed by atoms with Crippen LogP contribution in [0.2, 0.25) is 0 Å².